The molecule has 2 rings (SSSR count). The molecule has 0 aliphatic heterocycles. The molecule has 2 aromatic rings. The molecule has 6 heteroatoms. The minimum atomic E-state index is -0.781. The molecular formula is C15H13BrF3NO. The fourth-order valence-electron chi connectivity index (χ4n) is 1.85. The van der Waals surface area contributed by atoms with Crippen LogP contribution in [0, 0.1) is 17.5 Å². The van der Waals surface area contributed by atoms with Crippen LogP contribution in [-0.2, 0) is 13.0 Å². The van der Waals surface area contributed by atoms with Crippen LogP contribution in [0.15, 0.2) is 34.8 Å². The lowest BCUT2D eigenvalue weighted by molar-refractivity contribution is 0.273. The SMILES string of the molecule is NCCc1cc(F)c(OCc2ccc(F)cc2Br)c(F)c1. The minimum absolute atomic E-state index is 0.0784. The Kier molecular flexibility index (Phi) is 5.25. The summed E-state index contributed by atoms with van der Waals surface area (Å²) < 4.78 is 46.3. The van der Waals surface area contributed by atoms with Crippen molar-refractivity contribution in [1.29, 1.82) is 0 Å². The first kappa shape index (κ1) is 15.9. The monoisotopic (exact) mass is 359 g/mol. The molecule has 0 aromatic heterocycles. The van der Waals surface area contributed by atoms with Crippen LogP contribution < -0.4 is 10.5 Å². The van der Waals surface area contributed by atoms with Crippen LogP contribution >= 0.6 is 15.9 Å². The average Bonchev–Trinajstić information content (AvgIpc) is 2.40. The number of halogens is 4. The smallest absolute Gasteiger partial charge is 0.191 e. The van der Waals surface area contributed by atoms with Crippen molar-refractivity contribution < 1.29 is 17.9 Å². The predicted octanol–water partition coefficient (Wildman–Crippen LogP) is 3.95. The number of hydrogen-bond acceptors (Lipinski definition) is 2. The van der Waals surface area contributed by atoms with Gasteiger partial charge in [0.25, 0.3) is 0 Å². The van der Waals surface area contributed by atoms with Crippen molar-refractivity contribution in [1.82, 2.24) is 0 Å². The Hall–Kier alpha value is -1.53. The first-order chi connectivity index (χ1) is 10.0. The predicted molar refractivity (Wildman–Crippen MR) is 77.5 cm³/mol. The molecule has 0 aliphatic carbocycles. The highest BCUT2D eigenvalue weighted by Crippen LogP contribution is 2.26. The summed E-state index contributed by atoms with van der Waals surface area (Å²) >= 11 is 3.17. The average molecular weight is 360 g/mol. The van der Waals surface area contributed by atoms with Crippen LogP contribution in [0.2, 0.25) is 0 Å². The fourth-order valence-corrected chi connectivity index (χ4v) is 2.32. The summed E-state index contributed by atoms with van der Waals surface area (Å²) in [6.07, 6.45) is 0.387. The molecule has 0 atom stereocenters. The topological polar surface area (TPSA) is 35.2 Å². The van der Waals surface area contributed by atoms with Crippen LogP contribution in [0.3, 0.4) is 0 Å². The Labute approximate surface area is 128 Å². The second-order valence-corrected chi connectivity index (χ2v) is 5.31. The Morgan fingerprint density at radius 2 is 1.71 bits per heavy atom. The van der Waals surface area contributed by atoms with Crippen LogP contribution in [0.4, 0.5) is 13.2 Å². The summed E-state index contributed by atoms with van der Waals surface area (Å²) in [5, 5.41) is 0. The second-order valence-electron chi connectivity index (χ2n) is 4.45. The van der Waals surface area contributed by atoms with E-state index in [0.29, 0.717) is 28.6 Å². The van der Waals surface area contributed by atoms with E-state index in [4.69, 9.17) is 10.5 Å². The second kappa shape index (κ2) is 6.95. The molecule has 0 saturated carbocycles. The van der Waals surface area contributed by atoms with Crippen molar-refractivity contribution in [2.24, 2.45) is 5.73 Å². The minimum Gasteiger partial charge on any atom is -0.483 e. The molecule has 0 fully saturated rings. The van der Waals surface area contributed by atoms with E-state index >= 15 is 0 Å². The van der Waals surface area contributed by atoms with E-state index in [2.05, 4.69) is 15.9 Å². The number of ether oxygens (including phenoxy) is 1. The lowest BCUT2D eigenvalue weighted by atomic mass is 10.1. The van der Waals surface area contributed by atoms with E-state index < -0.39 is 23.2 Å². The zero-order valence-electron chi connectivity index (χ0n) is 11.0. The molecule has 0 heterocycles. The van der Waals surface area contributed by atoms with Crippen molar-refractivity contribution in [3.8, 4) is 5.75 Å². The molecule has 0 spiro atoms. The molecule has 0 amide bonds. The highest BCUT2D eigenvalue weighted by Gasteiger charge is 2.13. The van der Waals surface area contributed by atoms with E-state index in [9.17, 15) is 13.2 Å². The molecule has 2 N–H and O–H groups in total. The lowest BCUT2D eigenvalue weighted by Crippen LogP contribution is -2.05. The number of benzene rings is 2. The normalized spacial score (nSPS) is 10.7. The summed E-state index contributed by atoms with van der Waals surface area (Å²) in [6.45, 7) is 0.229. The van der Waals surface area contributed by atoms with Gasteiger partial charge in [0, 0.05) is 10.0 Å². The molecule has 0 radical (unpaired) electrons. The highest BCUT2D eigenvalue weighted by molar-refractivity contribution is 9.10. The molecule has 2 nitrogen and oxygen atoms in total. The van der Waals surface area contributed by atoms with Crippen molar-refractivity contribution in [2.45, 2.75) is 13.0 Å². The molecule has 0 unspecified atom stereocenters. The van der Waals surface area contributed by atoms with Crippen molar-refractivity contribution in [2.75, 3.05) is 6.54 Å². The summed E-state index contributed by atoms with van der Waals surface area (Å²) in [4.78, 5) is 0. The van der Waals surface area contributed by atoms with Gasteiger partial charge in [-0.2, -0.15) is 0 Å². The van der Waals surface area contributed by atoms with Gasteiger partial charge in [0.1, 0.15) is 12.4 Å². The summed E-state index contributed by atoms with van der Waals surface area (Å²) in [7, 11) is 0. The van der Waals surface area contributed by atoms with E-state index in [1.807, 2.05) is 0 Å². The van der Waals surface area contributed by atoms with E-state index in [1.165, 1.54) is 30.3 Å². The van der Waals surface area contributed by atoms with Gasteiger partial charge in [0.05, 0.1) is 0 Å². The number of rotatable bonds is 5. The third kappa shape index (κ3) is 3.98. The van der Waals surface area contributed by atoms with E-state index in [0.717, 1.165) is 0 Å². The Morgan fingerprint density at radius 1 is 1.05 bits per heavy atom. The van der Waals surface area contributed by atoms with E-state index in [-0.39, 0.29) is 6.61 Å². The van der Waals surface area contributed by atoms with Crippen LogP contribution in [0.25, 0.3) is 0 Å². The highest BCUT2D eigenvalue weighted by atomic mass is 79.9. The van der Waals surface area contributed by atoms with Crippen molar-refractivity contribution in [3.63, 3.8) is 0 Å². The number of nitrogens with two attached hydrogens (primary N) is 1. The van der Waals surface area contributed by atoms with Gasteiger partial charge in [-0.1, -0.05) is 22.0 Å². The summed E-state index contributed by atoms with van der Waals surface area (Å²) in [5.74, 6) is -2.42. The maximum atomic E-state index is 13.8. The fraction of sp³-hybridized carbons (Fsp3) is 0.200. The third-order valence-corrected chi connectivity index (χ3v) is 3.62. The molecule has 0 saturated heterocycles. The van der Waals surface area contributed by atoms with Crippen LogP contribution in [-0.4, -0.2) is 6.54 Å². The molecule has 112 valence electrons. The van der Waals surface area contributed by atoms with Gasteiger partial charge < -0.3 is 10.5 Å². The van der Waals surface area contributed by atoms with Crippen molar-refractivity contribution in [3.05, 3.63) is 63.4 Å². The lowest BCUT2D eigenvalue weighted by Gasteiger charge is -2.11. The van der Waals surface area contributed by atoms with Gasteiger partial charge in [0.15, 0.2) is 17.4 Å². The van der Waals surface area contributed by atoms with Gasteiger partial charge in [0.2, 0.25) is 0 Å². The van der Waals surface area contributed by atoms with E-state index in [1.54, 1.807) is 0 Å². The van der Waals surface area contributed by atoms with Crippen molar-refractivity contribution >= 4 is 15.9 Å². The zero-order chi connectivity index (χ0) is 15.4. The Balaban J connectivity index is 2.16. The maximum Gasteiger partial charge on any atom is 0.191 e. The zero-order valence-corrected chi connectivity index (χ0v) is 12.6. The van der Waals surface area contributed by atoms with Crippen LogP contribution in [0.1, 0.15) is 11.1 Å². The summed E-state index contributed by atoms with van der Waals surface area (Å²) in [6, 6.07) is 6.39. The van der Waals surface area contributed by atoms with Gasteiger partial charge >= 0.3 is 0 Å². The molecule has 0 aliphatic rings. The van der Waals surface area contributed by atoms with Gasteiger partial charge in [-0.25, -0.2) is 13.2 Å². The van der Waals surface area contributed by atoms with Crippen LogP contribution in [0.5, 0.6) is 5.75 Å². The first-order valence-electron chi connectivity index (χ1n) is 6.26. The Morgan fingerprint density at radius 3 is 2.29 bits per heavy atom. The first-order valence-corrected chi connectivity index (χ1v) is 7.05. The maximum absolute atomic E-state index is 13.8. The molecule has 0 bridgehead atoms. The molecule has 2 aromatic carbocycles. The van der Waals surface area contributed by atoms with Gasteiger partial charge in [-0.3, -0.25) is 0 Å². The largest absolute Gasteiger partial charge is 0.483 e. The standard InChI is InChI=1S/C15H13BrF3NO/c16-12-7-11(17)2-1-10(12)8-21-15-13(18)5-9(3-4-20)6-14(15)19/h1-2,5-7H,3-4,8,20H2. The third-order valence-electron chi connectivity index (χ3n) is 2.88. The van der Waals surface area contributed by atoms with Gasteiger partial charge in [-0.15, -0.1) is 0 Å². The summed E-state index contributed by atoms with van der Waals surface area (Å²) in [5.41, 5.74) is 6.41. The molecule has 21 heavy (non-hydrogen) atoms. The van der Waals surface area contributed by atoms with Gasteiger partial charge in [-0.05, 0) is 42.8 Å². The number of hydrogen-bond donors (Lipinski definition) is 1. The Bertz CT molecular complexity index is 626. The molecular weight excluding hydrogens is 347 g/mol. The quantitative estimate of drug-likeness (QED) is 0.877.